The van der Waals surface area contributed by atoms with Gasteiger partial charge in [-0.15, -0.1) is 0 Å². The van der Waals surface area contributed by atoms with Crippen molar-refractivity contribution in [3.63, 3.8) is 0 Å². The van der Waals surface area contributed by atoms with Gasteiger partial charge in [0.25, 0.3) is 5.91 Å². The Kier molecular flexibility index (Phi) is 4.11. The summed E-state index contributed by atoms with van der Waals surface area (Å²) in [7, 11) is 0. The topological polar surface area (TPSA) is 56.3 Å². The summed E-state index contributed by atoms with van der Waals surface area (Å²) in [5.41, 5.74) is 1.19. The van der Waals surface area contributed by atoms with Crippen LogP contribution in [0.3, 0.4) is 0 Å². The SMILES string of the molecule is O=C(c1[nH]c2ccc(Cl)cc2c1Cl)N1CCCC(CO)C1. The van der Waals surface area contributed by atoms with Crippen LogP contribution in [0.5, 0.6) is 0 Å². The molecule has 0 saturated carbocycles. The Bertz CT molecular complexity index is 684. The summed E-state index contributed by atoms with van der Waals surface area (Å²) in [6.45, 7) is 1.38. The van der Waals surface area contributed by atoms with Gasteiger partial charge in [-0.2, -0.15) is 0 Å². The number of benzene rings is 1. The molecule has 0 radical (unpaired) electrons. The van der Waals surface area contributed by atoms with E-state index in [0.717, 1.165) is 23.7 Å². The molecule has 3 rings (SSSR count). The van der Waals surface area contributed by atoms with Crippen molar-refractivity contribution >= 4 is 40.0 Å². The molecule has 1 aromatic heterocycles. The number of aromatic nitrogens is 1. The number of fused-ring (bicyclic) bond motifs is 1. The number of H-pyrrole nitrogens is 1. The molecule has 6 heteroatoms. The lowest BCUT2D eigenvalue weighted by Crippen LogP contribution is -2.41. The molecule has 0 aliphatic carbocycles. The number of halogens is 2. The number of carbonyl (C=O) groups excluding carboxylic acids is 1. The molecule has 1 aliphatic heterocycles. The lowest BCUT2D eigenvalue weighted by Gasteiger charge is -2.31. The van der Waals surface area contributed by atoms with Gasteiger partial charge in [-0.3, -0.25) is 4.79 Å². The van der Waals surface area contributed by atoms with Crippen LogP contribution in [-0.2, 0) is 0 Å². The highest BCUT2D eigenvalue weighted by Crippen LogP contribution is 2.31. The van der Waals surface area contributed by atoms with Crippen molar-refractivity contribution in [2.75, 3.05) is 19.7 Å². The molecule has 0 bridgehead atoms. The Morgan fingerprint density at radius 1 is 1.43 bits per heavy atom. The molecular weight excluding hydrogens is 311 g/mol. The monoisotopic (exact) mass is 326 g/mol. The quantitative estimate of drug-likeness (QED) is 0.889. The second-order valence-corrected chi connectivity index (χ2v) is 6.26. The lowest BCUT2D eigenvalue weighted by atomic mass is 9.99. The Balaban J connectivity index is 1.92. The number of nitrogens with zero attached hydrogens (tertiary/aromatic N) is 1. The summed E-state index contributed by atoms with van der Waals surface area (Å²) in [5.74, 6) is 0.0331. The average Bonchev–Trinajstić information content (AvgIpc) is 2.83. The number of likely N-dealkylation sites (tertiary alicyclic amines) is 1. The van der Waals surface area contributed by atoms with E-state index in [1.54, 1.807) is 17.0 Å². The molecular formula is C15H16Cl2N2O2. The Morgan fingerprint density at radius 2 is 2.24 bits per heavy atom. The summed E-state index contributed by atoms with van der Waals surface area (Å²) in [6, 6.07) is 5.32. The van der Waals surface area contributed by atoms with E-state index in [1.165, 1.54) is 0 Å². The van der Waals surface area contributed by atoms with Crippen molar-refractivity contribution in [1.29, 1.82) is 0 Å². The second-order valence-electron chi connectivity index (χ2n) is 5.45. The first-order valence-corrected chi connectivity index (χ1v) is 7.72. The van der Waals surface area contributed by atoms with E-state index >= 15 is 0 Å². The summed E-state index contributed by atoms with van der Waals surface area (Å²) in [6.07, 6.45) is 1.86. The third kappa shape index (κ3) is 2.76. The van der Waals surface area contributed by atoms with E-state index in [2.05, 4.69) is 4.98 Å². The summed E-state index contributed by atoms with van der Waals surface area (Å²) < 4.78 is 0. The number of aromatic amines is 1. The number of nitrogens with one attached hydrogen (secondary N) is 1. The first-order chi connectivity index (χ1) is 10.1. The van der Waals surface area contributed by atoms with E-state index < -0.39 is 0 Å². The van der Waals surface area contributed by atoms with Crippen LogP contribution in [0.15, 0.2) is 18.2 Å². The van der Waals surface area contributed by atoms with Gasteiger partial charge in [0.1, 0.15) is 5.69 Å². The predicted molar refractivity (Wildman–Crippen MR) is 84.0 cm³/mol. The minimum absolute atomic E-state index is 0.111. The van der Waals surface area contributed by atoms with Crippen LogP contribution in [0.4, 0.5) is 0 Å². The maximum atomic E-state index is 12.6. The fourth-order valence-electron chi connectivity index (χ4n) is 2.84. The molecule has 1 saturated heterocycles. The number of aliphatic hydroxyl groups is 1. The van der Waals surface area contributed by atoms with E-state index in [1.807, 2.05) is 6.07 Å². The largest absolute Gasteiger partial charge is 0.396 e. The molecule has 2 aromatic rings. The standard InChI is InChI=1S/C15H16Cl2N2O2/c16-10-3-4-12-11(6-10)13(17)14(18-12)15(21)19-5-1-2-9(7-19)8-20/h3-4,6,9,18,20H,1-2,5,7-8H2. The molecule has 1 unspecified atom stereocenters. The number of piperidine rings is 1. The smallest absolute Gasteiger partial charge is 0.271 e. The fourth-order valence-corrected chi connectivity index (χ4v) is 3.29. The number of hydrogen-bond acceptors (Lipinski definition) is 2. The maximum absolute atomic E-state index is 12.6. The van der Waals surface area contributed by atoms with Crippen molar-refractivity contribution in [2.24, 2.45) is 5.92 Å². The van der Waals surface area contributed by atoms with E-state index in [9.17, 15) is 9.90 Å². The van der Waals surface area contributed by atoms with Crippen LogP contribution >= 0.6 is 23.2 Å². The van der Waals surface area contributed by atoms with Crippen molar-refractivity contribution in [3.8, 4) is 0 Å². The van der Waals surface area contributed by atoms with Gasteiger partial charge in [-0.25, -0.2) is 0 Å². The molecule has 1 aliphatic rings. The minimum atomic E-state index is -0.120. The number of amides is 1. The molecule has 21 heavy (non-hydrogen) atoms. The van der Waals surface area contributed by atoms with Crippen LogP contribution in [-0.4, -0.2) is 40.6 Å². The third-order valence-electron chi connectivity index (χ3n) is 3.98. The second kappa shape index (κ2) is 5.87. The van der Waals surface area contributed by atoms with Crippen LogP contribution in [0, 0.1) is 5.92 Å². The van der Waals surface area contributed by atoms with Gasteiger partial charge in [0, 0.05) is 35.6 Å². The van der Waals surface area contributed by atoms with Gasteiger partial charge in [-0.05, 0) is 37.0 Å². The third-order valence-corrected chi connectivity index (χ3v) is 4.60. The van der Waals surface area contributed by atoms with E-state index in [4.69, 9.17) is 23.2 Å². The van der Waals surface area contributed by atoms with Crippen LogP contribution in [0.25, 0.3) is 10.9 Å². The summed E-state index contributed by atoms with van der Waals surface area (Å²) in [5, 5.41) is 11.0. The van der Waals surface area contributed by atoms with E-state index in [0.29, 0.717) is 28.8 Å². The Hall–Kier alpha value is -1.23. The molecule has 4 nitrogen and oxygen atoms in total. The van der Waals surface area contributed by atoms with E-state index in [-0.39, 0.29) is 18.4 Å². The van der Waals surface area contributed by atoms with Gasteiger partial charge in [0.2, 0.25) is 0 Å². The van der Waals surface area contributed by atoms with Gasteiger partial charge in [0.15, 0.2) is 0 Å². The van der Waals surface area contributed by atoms with Crippen molar-refractivity contribution in [1.82, 2.24) is 9.88 Å². The van der Waals surface area contributed by atoms with Crippen molar-refractivity contribution in [3.05, 3.63) is 33.9 Å². The highest BCUT2D eigenvalue weighted by Gasteiger charge is 2.27. The summed E-state index contributed by atoms with van der Waals surface area (Å²) in [4.78, 5) is 17.5. The molecule has 2 heterocycles. The van der Waals surface area contributed by atoms with Crippen molar-refractivity contribution < 1.29 is 9.90 Å². The zero-order valence-corrected chi connectivity index (χ0v) is 12.9. The summed E-state index contributed by atoms with van der Waals surface area (Å²) >= 11 is 12.3. The fraction of sp³-hybridized carbons (Fsp3) is 0.400. The Morgan fingerprint density at radius 3 is 3.00 bits per heavy atom. The van der Waals surface area contributed by atoms with Crippen LogP contribution in [0.1, 0.15) is 23.3 Å². The number of carbonyl (C=O) groups is 1. The molecule has 112 valence electrons. The zero-order chi connectivity index (χ0) is 15.0. The average molecular weight is 327 g/mol. The first kappa shape index (κ1) is 14.7. The first-order valence-electron chi connectivity index (χ1n) is 6.97. The molecule has 1 aromatic carbocycles. The molecule has 1 amide bonds. The maximum Gasteiger partial charge on any atom is 0.271 e. The van der Waals surface area contributed by atoms with Crippen molar-refractivity contribution in [2.45, 2.75) is 12.8 Å². The molecule has 1 fully saturated rings. The van der Waals surface area contributed by atoms with Crippen LogP contribution in [0.2, 0.25) is 10.0 Å². The molecule has 1 atom stereocenters. The Labute approximate surface area is 132 Å². The molecule has 2 N–H and O–H groups in total. The number of hydrogen-bond donors (Lipinski definition) is 2. The molecule has 0 spiro atoms. The lowest BCUT2D eigenvalue weighted by molar-refractivity contribution is 0.0616. The van der Waals surface area contributed by atoms with Gasteiger partial charge < -0.3 is 15.0 Å². The van der Waals surface area contributed by atoms with Gasteiger partial charge in [0.05, 0.1) is 5.02 Å². The van der Waals surface area contributed by atoms with Gasteiger partial charge >= 0.3 is 0 Å². The minimum Gasteiger partial charge on any atom is -0.396 e. The highest BCUT2D eigenvalue weighted by atomic mass is 35.5. The highest BCUT2D eigenvalue weighted by molar-refractivity contribution is 6.39. The van der Waals surface area contributed by atoms with Crippen LogP contribution < -0.4 is 0 Å². The zero-order valence-electron chi connectivity index (χ0n) is 11.4. The number of aliphatic hydroxyl groups excluding tert-OH is 1. The van der Waals surface area contributed by atoms with Gasteiger partial charge in [-0.1, -0.05) is 23.2 Å². The number of rotatable bonds is 2. The predicted octanol–water partition coefficient (Wildman–Crippen LogP) is 3.32. The normalized spacial score (nSPS) is 19.2.